The van der Waals surface area contributed by atoms with Crippen molar-refractivity contribution in [3.63, 3.8) is 0 Å². The molecule has 0 amide bonds. The van der Waals surface area contributed by atoms with Crippen LogP contribution in [0.1, 0.15) is 25.2 Å². The van der Waals surface area contributed by atoms with Crippen LogP contribution in [0.15, 0.2) is 22.6 Å². The normalized spacial score (nSPS) is 14.7. The highest BCUT2D eigenvalue weighted by atomic mass is 35.5. The summed E-state index contributed by atoms with van der Waals surface area (Å²) < 4.78 is 5.58. The summed E-state index contributed by atoms with van der Waals surface area (Å²) in [6, 6.07) is 5.37. The van der Waals surface area contributed by atoms with Gasteiger partial charge in [0.25, 0.3) is 0 Å². The number of aromatic nitrogens is 2. The lowest BCUT2D eigenvalue weighted by atomic mass is 10.2. The first kappa shape index (κ1) is 13.4. The highest BCUT2D eigenvalue weighted by molar-refractivity contribution is 6.33. The molecule has 0 atom stereocenters. The fourth-order valence-electron chi connectivity index (χ4n) is 1.97. The molecule has 3 rings (SSSR count). The zero-order valence-electron chi connectivity index (χ0n) is 11.0. The number of hydrogen-bond donors (Lipinski definition) is 2. The molecule has 0 spiro atoms. The summed E-state index contributed by atoms with van der Waals surface area (Å²) in [5.74, 6) is 1.06. The summed E-state index contributed by atoms with van der Waals surface area (Å²) in [5, 5.41) is 21.4. The smallest absolute Gasteiger partial charge is 0.249 e. The van der Waals surface area contributed by atoms with Gasteiger partial charge in [-0.05, 0) is 44.0 Å². The van der Waals surface area contributed by atoms with Crippen LogP contribution in [0, 0.1) is 0 Å². The van der Waals surface area contributed by atoms with E-state index in [0.29, 0.717) is 22.4 Å². The minimum atomic E-state index is 0.123. The Morgan fingerprint density at radius 3 is 3.00 bits per heavy atom. The molecule has 1 heterocycles. The molecule has 20 heavy (non-hydrogen) atoms. The van der Waals surface area contributed by atoms with E-state index in [1.54, 1.807) is 6.07 Å². The van der Waals surface area contributed by atoms with Crippen molar-refractivity contribution in [3.8, 4) is 17.2 Å². The predicted octanol–water partition coefficient (Wildman–Crippen LogP) is 2.78. The maximum Gasteiger partial charge on any atom is 0.249 e. The van der Waals surface area contributed by atoms with E-state index >= 15 is 0 Å². The number of nitrogens with zero attached hydrogens (tertiary/aromatic N) is 2. The first-order chi connectivity index (χ1) is 9.72. The third-order valence-electron chi connectivity index (χ3n) is 3.22. The maximum atomic E-state index is 9.48. The molecular formula is C14H16ClN3O2. The summed E-state index contributed by atoms with van der Waals surface area (Å²) >= 11 is 6.06. The van der Waals surface area contributed by atoms with Gasteiger partial charge in [-0.15, -0.1) is 10.2 Å². The number of benzene rings is 1. The Morgan fingerprint density at radius 1 is 1.35 bits per heavy atom. The minimum Gasteiger partial charge on any atom is -0.508 e. The van der Waals surface area contributed by atoms with Crippen LogP contribution >= 0.6 is 11.6 Å². The molecule has 106 valence electrons. The van der Waals surface area contributed by atoms with E-state index in [2.05, 4.69) is 15.5 Å². The Balaban J connectivity index is 1.61. The molecule has 1 aliphatic carbocycles. The van der Waals surface area contributed by atoms with Gasteiger partial charge in [0.1, 0.15) is 5.75 Å². The van der Waals surface area contributed by atoms with Gasteiger partial charge < -0.3 is 14.8 Å². The average Bonchev–Trinajstić information content (AvgIpc) is 3.15. The van der Waals surface area contributed by atoms with E-state index in [1.807, 2.05) is 0 Å². The highest BCUT2D eigenvalue weighted by Crippen LogP contribution is 2.30. The van der Waals surface area contributed by atoms with Crippen molar-refractivity contribution in [1.82, 2.24) is 15.5 Å². The summed E-state index contributed by atoms with van der Waals surface area (Å²) in [7, 11) is 0. The molecule has 0 saturated heterocycles. The minimum absolute atomic E-state index is 0.123. The summed E-state index contributed by atoms with van der Waals surface area (Å²) in [5.41, 5.74) is 0.557. The van der Waals surface area contributed by atoms with Gasteiger partial charge in [0.05, 0.1) is 10.6 Å². The maximum absolute atomic E-state index is 9.48. The highest BCUT2D eigenvalue weighted by Gasteiger charge is 2.19. The first-order valence-electron chi connectivity index (χ1n) is 6.77. The number of halogens is 1. The molecule has 1 aromatic carbocycles. The zero-order chi connectivity index (χ0) is 13.9. The summed E-state index contributed by atoms with van der Waals surface area (Å²) in [4.78, 5) is 0. The third kappa shape index (κ3) is 3.29. The molecule has 1 fully saturated rings. The summed E-state index contributed by atoms with van der Waals surface area (Å²) in [6.07, 6.45) is 4.29. The predicted molar refractivity (Wildman–Crippen MR) is 75.8 cm³/mol. The van der Waals surface area contributed by atoms with Gasteiger partial charge in [-0.1, -0.05) is 11.6 Å². The number of aromatic hydroxyl groups is 1. The number of phenols is 1. The topological polar surface area (TPSA) is 71.2 Å². The Morgan fingerprint density at radius 2 is 2.20 bits per heavy atom. The van der Waals surface area contributed by atoms with Crippen LogP contribution in [0.25, 0.3) is 11.5 Å². The number of phenolic OH excluding ortho intramolecular Hbond substituents is 1. The average molecular weight is 294 g/mol. The third-order valence-corrected chi connectivity index (χ3v) is 3.55. The molecule has 1 aliphatic rings. The molecule has 5 nitrogen and oxygen atoms in total. The van der Waals surface area contributed by atoms with E-state index < -0.39 is 0 Å². The van der Waals surface area contributed by atoms with Crippen molar-refractivity contribution in [3.05, 3.63) is 29.1 Å². The molecule has 0 aliphatic heterocycles. The van der Waals surface area contributed by atoms with Crippen LogP contribution < -0.4 is 5.32 Å². The summed E-state index contributed by atoms with van der Waals surface area (Å²) in [6.45, 7) is 0.968. The van der Waals surface area contributed by atoms with E-state index in [0.717, 1.165) is 25.4 Å². The lowest BCUT2D eigenvalue weighted by Crippen LogP contribution is -2.17. The monoisotopic (exact) mass is 293 g/mol. The second-order valence-corrected chi connectivity index (χ2v) is 5.40. The van der Waals surface area contributed by atoms with Crippen LogP contribution in [0.2, 0.25) is 5.02 Å². The van der Waals surface area contributed by atoms with Gasteiger partial charge in [-0.2, -0.15) is 0 Å². The lowest BCUT2D eigenvalue weighted by Gasteiger charge is -2.00. The van der Waals surface area contributed by atoms with Gasteiger partial charge in [-0.3, -0.25) is 0 Å². The van der Waals surface area contributed by atoms with Gasteiger partial charge in [0.15, 0.2) is 0 Å². The molecule has 1 saturated carbocycles. The molecule has 2 N–H and O–H groups in total. The SMILES string of the molecule is Oc1ccc(Cl)c(-c2nnc(CCCNC3CC3)o2)c1. The van der Waals surface area contributed by atoms with Gasteiger partial charge in [0.2, 0.25) is 11.8 Å². The fourth-order valence-corrected chi connectivity index (χ4v) is 2.17. The van der Waals surface area contributed by atoms with Gasteiger partial charge in [0, 0.05) is 12.5 Å². The molecule has 1 aromatic heterocycles. The second kappa shape index (κ2) is 5.81. The standard InChI is InChI=1S/C14H16ClN3O2/c15-12-6-5-10(19)8-11(12)14-18-17-13(20-14)2-1-7-16-9-3-4-9/h5-6,8-9,16,19H,1-4,7H2. The quantitative estimate of drug-likeness (QED) is 0.801. The number of aryl methyl sites for hydroxylation is 1. The van der Waals surface area contributed by atoms with Crippen molar-refractivity contribution >= 4 is 11.6 Å². The number of nitrogens with one attached hydrogen (secondary N) is 1. The fraction of sp³-hybridized carbons (Fsp3) is 0.429. The molecular weight excluding hydrogens is 278 g/mol. The molecule has 6 heteroatoms. The number of hydrogen-bond acceptors (Lipinski definition) is 5. The molecule has 0 radical (unpaired) electrons. The molecule has 0 bridgehead atoms. The van der Waals surface area contributed by atoms with E-state index in [4.69, 9.17) is 16.0 Å². The van der Waals surface area contributed by atoms with Crippen LogP contribution in [0.5, 0.6) is 5.75 Å². The van der Waals surface area contributed by atoms with Crippen molar-refractivity contribution in [2.24, 2.45) is 0 Å². The van der Waals surface area contributed by atoms with Crippen LogP contribution in [0.3, 0.4) is 0 Å². The lowest BCUT2D eigenvalue weighted by molar-refractivity contribution is 0.473. The van der Waals surface area contributed by atoms with Crippen molar-refractivity contribution in [2.45, 2.75) is 31.7 Å². The van der Waals surface area contributed by atoms with Crippen molar-refractivity contribution < 1.29 is 9.52 Å². The van der Waals surface area contributed by atoms with Crippen molar-refractivity contribution in [1.29, 1.82) is 0 Å². The van der Waals surface area contributed by atoms with Crippen LogP contribution in [-0.2, 0) is 6.42 Å². The van der Waals surface area contributed by atoms with Crippen LogP contribution in [-0.4, -0.2) is 27.9 Å². The van der Waals surface area contributed by atoms with Crippen molar-refractivity contribution in [2.75, 3.05) is 6.54 Å². The Hall–Kier alpha value is -1.59. The Labute approximate surface area is 122 Å². The Kier molecular flexibility index (Phi) is 3.89. The van der Waals surface area contributed by atoms with E-state index in [1.165, 1.54) is 25.0 Å². The van der Waals surface area contributed by atoms with E-state index in [9.17, 15) is 5.11 Å². The number of rotatable bonds is 6. The van der Waals surface area contributed by atoms with E-state index in [-0.39, 0.29) is 5.75 Å². The molecule has 0 unspecified atom stereocenters. The van der Waals surface area contributed by atoms with Crippen LogP contribution in [0.4, 0.5) is 0 Å². The Bertz CT molecular complexity index is 596. The second-order valence-electron chi connectivity index (χ2n) is 5.00. The zero-order valence-corrected chi connectivity index (χ0v) is 11.7. The van der Waals surface area contributed by atoms with Gasteiger partial charge >= 0.3 is 0 Å². The largest absolute Gasteiger partial charge is 0.508 e. The molecule has 2 aromatic rings. The van der Waals surface area contributed by atoms with Gasteiger partial charge in [-0.25, -0.2) is 0 Å². The first-order valence-corrected chi connectivity index (χ1v) is 7.15.